The Morgan fingerprint density at radius 3 is 2.79 bits per heavy atom. The predicted molar refractivity (Wildman–Crippen MR) is 54.6 cm³/mol. The fourth-order valence-electron chi connectivity index (χ4n) is 1.18. The minimum absolute atomic E-state index is 0.246. The van der Waals surface area contributed by atoms with Gasteiger partial charge in [-0.25, -0.2) is 0 Å². The molecule has 1 aromatic heterocycles. The zero-order valence-corrected chi connectivity index (χ0v) is 8.24. The monoisotopic (exact) mass is 188 g/mol. The summed E-state index contributed by atoms with van der Waals surface area (Å²) >= 11 is 0. The molecule has 0 fully saturated rings. The number of primary amides is 1. The second-order valence-corrected chi connectivity index (χ2v) is 3.53. The molecule has 0 aliphatic heterocycles. The van der Waals surface area contributed by atoms with E-state index in [2.05, 4.69) is 10.9 Å². The molecule has 14 heavy (non-hydrogen) atoms. The van der Waals surface area contributed by atoms with Crippen molar-refractivity contribution < 1.29 is 4.79 Å². The Morgan fingerprint density at radius 1 is 1.64 bits per heavy atom. The Hall–Kier alpha value is -1.82. The molecule has 0 radical (unpaired) electrons. The van der Waals surface area contributed by atoms with Gasteiger partial charge >= 0.3 is 0 Å². The van der Waals surface area contributed by atoms with Gasteiger partial charge in [0.25, 0.3) is 5.91 Å². The van der Waals surface area contributed by atoms with Gasteiger partial charge in [-0.2, -0.15) is 0 Å². The van der Waals surface area contributed by atoms with Gasteiger partial charge in [0, 0.05) is 11.8 Å². The summed E-state index contributed by atoms with van der Waals surface area (Å²) in [6, 6.07) is 3.51. The molecule has 1 rings (SSSR count). The van der Waals surface area contributed by atoms with Crippen molar-refractivity contribution in [3.63, 3.8) is 0 Å². The van der Waals surface area contributed by atoms with Gasteiger partial charge < -0.3 is 5.73 Å². The van der Waals surface area contributed by atoms with E-state index in [1.54, 1.807) is 12.1 Å². The molecule has 0 bridgehead atoms. The highest BCUT2D eigenvalue weighted by Crippen LogP contribution is 2.23. The lowest BCUT2D eigenvalue weighted by atomic mass is 9.84. The fraction of sp³-hybridized carbons (Fsp3) is 0.273. The topological polar surface area (TPSA) is 56.0 Å². The zero-order valence-electron chi connectivity index (χ0n) is 8.24. The van der Waals surface area contributed by atoms with E-state index in [-0.39, 0.29) is 5.69 Å². The summed E-state index contributed by atoms with van der Waals surface area (Å²) in [6.45, 7) is 3.69. The van der Waals surface area contributed by atoms with Crippen LogP contribution >= 0.6 is 0 Å². The molecule has 0 saturated heterocycles. The van der Waals surface area contributed by atoms with Crippen LogP contribution in [-0.2, 0) is 5.41 Å². The van der Waals surface area contributed by atoms with Crippen LogP contribution in [0.1, 0.15) is 29.9 Å². The number of hydrogen-bond acceptors (Lipinski definition) is 2. The molecule has 3 heteroatoms. The van der Waals surface area contributed by atoms with Gasteiger partial charge in [0.2, 0.25) is 0 Å². The molecule has 0 spiro atoms. The first kappa shape index (κ1) is 10.3. The molecule has 0 unspecified atom stereocenters. The molecular weight excluding hydrogens is 176 g/mol. The fourth-order valence-corrected chi connectivity index (χ4v) is 1.18. The maximum Gasteiger partial charge on any atom is 0.267 e. The van der Waals surface area contributed by atoms with Crippen molar-refractivity contribution in [1.29, 1.82) is 0 Å². The van der Waals surface area contributed by atoms with Crippen molar-refractivity contribution in [3.05, 3.63) is 29.6 Å². The third kappa shape index (κ3) is 1.74. The Morgan fingerprint density at radius 2 is 2.29 bits per heavy atom. The number of aromatic nitrogens is 1. The molecule has 0 atom stereocenters. The van der Waals surface area contributed by atoms with E-state index >= 15 is 0 Å². The van der Waals surface area contributed by atoms with Gasteiger partial charge in [-0.05, 0) is 19.9 Å². The molecule has 72 valence electrons. The summed E-state index contributed by atoms with van der Waals surface area (Å²) in [5.74, 6) is 2.05. The Bertz CT molecular complexity index is 402. The van der Waals surface area contributed by atoms with Crippen LogP contribution in [0.2, 0.25) is 0 Å². The Balaban J connectivity index is 3.36. The molecule has 0 aliphatic rings. The van der Waals surface area contributed by atoms with Crippen molar-refractivity contribution in [3.8, 4) is 12.3 Å². The van der Waals surface area contributed by atoms with Gasteiger partial charge in [-0.15, -0.1) is 6.42 Å². The number of rotatable bonds is 2. The minimum Gasteiger partial charge on any atom is -0.364 e. The largest absolute Gasteiger partial charge is 0.364 e. The van der Waals surface area contributed by atoms with Gasteiger partial charge in [-0.1, -0.05) is 12.0 Å². The van der Waals surface area contributed by atoms with Crippen LogP contribution in [-0.4, -0.2) is 10.9 Å². The van der Waals surface area contributed by atoms with E-state index in [0.717, 1.165) is 0 Å². The second-order valence-electron chi connectivity index (χ2n) is 3.53. The number of nitrogens with two attached hydrogens (primary N) is 1. The first-order valence-corrected chi connectivity index (χ1v) is 4.22. The van der Waals surface area contributed by atoms with Crippen LogP contribution in [0.3, 0.4) is 0 Å². The average Bonchev–Trinajstić information content (AvgIpc) is 2.18. The number of terminal acetylenes is 1. The summed E-state index contributed by atoms with van der Waals surface area (Å²) in [4.78, 5) is 15.0. The maximum absolute atomic E-state index is 11.1. The minimum atomic E-state index is -0.552. The lowest BCUT2D eigenvalue weighted by Gasteiger charge is -2.19. The SMILES string of the molecule is C#CC(C)(C)c1cccnc1C(N)=O. The standard InChI is InChI=1S/C11H12N2O/c1-4-11(2,3)8-6-5-7-13-9(8)10(12)14/h1,5-7H,2-3H3,(H2,12,14). The number of hydrogen-bond donors (Lipinski definition) is 1. The van der Waals surface area contributed by atoms with Crippen LogP contribution in [0, 0.1) is 12.3 Å². The lowest BCUT2D eigenvalue weighted by molar-refractivity contribution is 0.0993. The second kappa shape index (κ2) is 3.51. The summed E-state index contributed by atoms with van der Waals surface area (Å²) in [6.07, 6.45) is 6.90. The van der Waals surface area contributed by atoms with E-state index in [1.165, 1.54) is 6.20 Å². The summed E-state index contributed by atoms with van der Waals surface area (Å²) < 4.78 is 0. The first-order valence-electron chi connectivity index (χ1n) is 4.22. The smallest absolute Gasteiger partial charge is 0.267 e. The molecule has 1 heterocycles. The molecule has 0 aromatic carbocycles. The molecule has 1 aromatic rings. The molecule has 0 aliphatic carbocycles. The number of amides is 1. The summed E-state index contributed by atoms with van der Waals surface area (Å²) in [5.41, 5.74) is 5.60. The highest BCUT2D eigenvalue weighted by molar-refractivity contribution is 5.92. The van der Waals surface area contributed by atoms with Gasteiger partial charge in [0.1, 0.15) is 5.69 Å². The molecule has 3 nitrogen and oxygen atoms in total. The average molecular weight is 188 g/mol. The first-order chi connectivity index (χ1) is 6.49. The van der Waals surface area contributed by atoms with Crippen molar-refractivity contribution in [2.75, 3.05) is 0 Å². The number of nitrogens with zero attached hydrogens (tertiary/aromatic N) is 1. The van der Waals surface area contributed by atoms with Crippen LogP contribution in [0.5, 0.6) is 0 Å². The zero-order chi connectivity index (χ0) is 10.8. The van der Waals surface area contributed by atoms with Gasteiger partial charge in [0.15, 0.2) is 0 Å². The number of pyridine rings is 1. The molecule has 1 amide bonds. The highest BCUT2D eigenvalue weighted by atomic mass is 16.1. The molecular formula is C11H12N2O. The van der Waals surface area contributed by atoms with E-state index in [0.29, 0.717) is 5.56 Å². The van der Waals surface area contributed by atoms with Gasteiger partial charge in [0.05, 0.1) is 5.41 Å². The van der Waals surface area contributed by atoms with E-state index in [4.69, 9.17) is 12.2 Å². The third-order valence-electron chi connectivity index (χ3n) is 2.08. The van der Waals surface area contributed by atoms with Gasteiger partial charge in [-0.3, -0.25) is 9.78 Å². The quantitative estimate of drug-likeness (QED) is 0.706. The maximum atomic E-state index is 11.1. The van der Waals surface area contributed by atoms with E-state index in [9.17, 15) is 4.79 Å². The van der Waals surface area contributed by atoms with Crippen molar-refractivity contribution in [2.45, 2.75) is 19.3 Å². The van der Waals surface area contributed by atoms with Crippen molar-refractivity contribution in [2.24, 2.45) is 5.73 Å². The van der Waals surface area contributed by atoms with Crippen LogP contribution < -0.4 is 5.73 Å². The van der Waals surface area contributed by atoms with Crippen LogP contribution in [0.4, 0.5) is 0 Å². The Labute approximate surface area is 83.3 Å². The van der Waals surface area contributed by atoms with E-state index in [1.807, 2.05) is 13.8 Å². The summed E-state index contributed by atoms with van der Waals surface area (Å²) in [7, 11) is 0. The summed E-state index contributed by atoms with van der Waals surface area (Å²) in [5, 5.41) is 0. The molecule has 2 N–H and O–H groups in total. The Kier molecular flexibility index (Phi) is 2.57. The number of carbonyl (C=O) groups is 1. The van der Waals surface area contributed by atoms with Crippen LogP contribution in [0.25, 0.3) is 0 Å². The number of carbonyl (C=O) groups excluding carboxylic acids is 1. The van der Waals surface area contributed by atoms with Crippen molar-refractivity contribution >= 4 is 5.91 Å². The highest BCUT2D eigenvalue weighted by Gasteiger charge is 2.23. The normalized spacial score (nSPS) is 10.6. The molecule has 0 saturated carbocycles. The lowest BCUT2D eigenvalue weighted by Crippen LogP contribution is -2.23. The predicted octanol–water partition coefficient (Wildman–Crippen LogP) is 1.09. The van der Waals surface area contributed by atoms with Crippen molar-refractivity contribution in [1.82, 2.24) is 4.98 Å². The van der Waals surface area contributed by atoms with E-state index < -0.39 is 11.3 Å². The van der Waals surface area contributed by atoms with Crippen LogP contribution in [0.15, 0.2) is 18.3 Å². The third-order valence-corrected chi connectivity index (χ3v) is 2.08.